The van der Waals surface area contributed by atoms with E-state index in [9.17, 15) is 0 Å². The maximum absolute atomic E-state index is 5.30. The van der Waals surface area contributed by atoms with Crippen LogP contribution in [0.4, 0.5) is 0 Å². The Labute approximate surface area is 124 Å². The molecule has 0 aromatic carbocycles. The van der Waals surface area contributed by atoms with Gasteiger partial charge in [-0.15, -0.1) is 11.3 Å². The molecular formula is C15H23N3OS. The van der Waals surface area contributed by atoms with Crippen LogP contribution in [0.1, 0.15) is 43.4 Å². The summed E-state index contributed by atoms with van der Waals surface area (Å²) in [5, 5.41) is 5.64. The second-order valence-electron chi connectivity index (χ2n) is 4.75. The third kappa shape index (κ3) is 3.41. The Hall–Kier alpha value is -1.33. The molecule has 2 aromatic heterocycles. The number of thiophene rings is 1. The Morgan fingerprint density at radius 3 is 2.90 bits per heavy atom. The third-order valence-electron chi connectivity index (χ3n) is 3.18. The average Bonchev–Trinajstić information content (AvgIpc) is 3.10. The molecule has 0 aliphatic heterocycles. The van der Waals surface area contributed by atoms with Crippen molar-refractivity contribution in [2.24, 2.45) is 0 Å². The molecule has 110 valence electrons. The predicted octanol–water partition coefficient (Wildman–Crippen LogP) is 3.45. The molecule has 0 amide bonds. The number of nitrogens with zero attached hydrogens (tertiary/aromatic N) is 2. The molecule has 2 heterocycles. The Balaban J connectivity index is 2.28. The van der Waals surface area contributed by atoms with Gasteiger partial charge in [-0.05, 0) is 25.5 Å². The van der Waals surface area contributed by atoms with Gasteiger partial charge in [0, 0.05) is 29.2 Å². The van der Waals surface area contributed by atoms with E-state index < -0.39 is 0 Å². The largest absolute Gasteiger partial charge is 0.496 e. The quantitative estimate of drug-likeness (QED) is 0.810. The number of hydrogen-bond donors (Lipinski definition) is 1. The van der Waals surface area contributed by atoms with Gasteiger partial charge < -0.3 is 14.6 Å². The molecule has 1 N–H and O–H groups in total. The van der Waals surface area contributed by atoms with E-state index in [1.54, 1.807) is 18.4 Å². The lowest BCUT2D eigenvalue weighted by Crippen LogP contribution is -2.25. The van der Waals surface area contributed by atoms with Crippen LogP contribution in [0.2, 0.25) is 0 Å². The van der Waals surface area contributed by atoms with Crippen LogP contribution >= 0.6 is 11.3 Å². The zero-order valence-corrected chi connectivity index (χ0v) is 13.2. The summed E-state index contributed by atoms with van der Waals surface area (Å²) in [6, 6.07) is 2.24. The Morgan fingerprint density at radius 1 is 1.40 bits per heavy atom. The fourth-order valence-electron chi connectivity index (χ4n) is 2.21. The van der Waals surface area contributed by atoms with E-state index in [2.05, 4.69) is 41.0 Å². The Kier molecular flexibility index (Phi) is 5.61. The molecule has 5 heteroatoms. The molecule has 0 saturated carbocycles. The van der Waals surface area contributed by atoms with Crippen LogP contribution < -0.4 is 10.1 Å². The smallest absolute Gasteiger partial charge is 0.131 e. The first-order valence-corrected chi connectivity index (χ1v) is 8.04. The summed E-state index contributed by atoms with van der Waals surface area (Å²) in [7, 11) is 1.71. The number of aromatic nitrogens is 2. The van der Waals surface area contributed by atoms with Gasteiger partial charge in [-0.2, -0.15) is 0 Å². The van der Waals surface area contributed by atoms with E-state index in [4.69, 9.17) is 4.74 Å². The summed E-state index contributed by atoms with van der Waals surface area (Å²) in [6.45, 7) is 6.34. The van der Waals surface area contributed by atoms with Gasteiger partial charge in [0.2, 0.25) is 0 Å². The van der Waals surface area contributed by atoms with Crippen molar-refractivity contribution in [2.75, 3.05) is 13.7 Å². The summed E-state index contributed by atoms with van der Waals surface area (Å²) >= 11 is 1.72. The topological polar surface area (TPSA) is 39.1 Å². The molecule has 0 saturated heterocycles. The molecule has 0 bridgehead atoms. The van der Waals surface area contributed by atoms with Gasteiger partial charge >= 0.3 is 0 Å². The van der Waals surface area contributed by atoms with E-state index in [-0.39, 0.29) is 6.04 Å². The number of ether oxygens (including phenoxy) is 1. The Morgan fingerprint density at radius 2 is 2.25 bits per heavy atom. The van der Waals surface area contributed by atoms with Crippen molar-refractivity contribution in [1.82, 2.24) is 14.9 Å². The number of nitrogens with one attached hydrogen (secondary N) is 1. The Bertz CT molecular complexity index is 521. The minimum Gasteiger partial charge on any atom is -0.496 e. The van der Waals surface area contributed by atoms with Gasteiger partial charge in [-0.3, -0.25) is 0 Å². The van der Waals surface area contributed by atoms with Gasteiger partial charge in [0.15, 0.2) is 0 Å². The highest BCUT2D eigenvalue weighted by Gasteiger charge is 2.20. The normalized spacial score (nSPS) is 12.6. The fraction of sp³-hybridized carbons (Fsp3) is 0.533. The van der Waals surface area contributed by atoms with Crippen LogP contribution in [0.5, 0.6) is 5.75 Å². The molecule has 0 fully saturated rings. The average molecular weight is 293 g/mol. The molecule has 0 spiro atoms. The summed E-state index contributed by atoms with van der Waals surface area (Å²) in [5.41, 5.74) is 0. The molecular weight excluding hydrogens is 270 g/mol. The van der Waals surface area contributed by atoms with E-state index in [0.717, 1.165) is 37.5 Å². The van der Waals surface area contributed by atoms with E-state index in [1.807, 2.05) is 11.6 Å². The van der Waals surface area contributed by atoms with Crippen LogP contribution in [-0.2, 0) is 6.54 Å². The standard InChI is InChI=1S/C15H23N3OS/c1-4-6-16-14(13-10-12(19-3)11-20-13)15-17-7-9-18(15)8-5-2/h7,9-11,14,16H,4-6,8H2,1-3H3. The maximum Gasteiger partial charge on any atom is 0.131 e. The highest BCUT2D eigenvalue weighted by atomic mass is 32.1. The lowest BCUT2D eigenvalue weighted by atomic mass is 10.2. The first kappa shape index (κ1) is 15.1. The lowest BCUT2D eigenvalue weighted by molar-refractivity contribution is 0.416. The molecule has 1 atom stereocenters. The van der Waals surface area contributed by atoms with Crippen LogP contribution in [-0.4, -0.2) is 23.2 Å². The van der Waals surface area contributed by atoms with Crippen LogP contribution in [0, 0.1) is 0 Å². The number of methoxy groups -OCH3 is 1. The molecule has 4 nitrogen and oxygen atoms in total. The molecule has 0 radical (unpaired) electrons. The highest BCUT2D eigenvalue weighted by Crippen LogP contribution is 2.30. The van der Waals surface area contributed by atoms with Crippen molar-refractivity contribution >= 4 is 11.3 Å². The van der Waals surface area contributed by atoms with Gasteiger partial charge in [0.05, 0.1) is 7.11 Å². The molecule has 0 aliphatic rings. The lowest BCUT2D eigenvalue weighted by Gasteiger charge is -2.18. The first-order valence-electron chi connectivity index (χ1n) is 7.17. The zero-order valence-electron chi connectivity index (χ0n) is 12.4. The first-order chi connectivity index (χ1) is 9.80. The van der Waals surface area contributed by atoms with Crippen molar-refractivity contribution in [2.45, 2.75) is 39.3 Å². The van der Waals surface area contributed by atoms with E-state index >= 15 is 0 Å². The van der Waals surface area contributed by atoms with Gasteiger partial charge in [-0.1, -0.05) is 13.8 Å². The van der Waals surface area contributed by atoms with Crippen LogP contribution in [0.15, 0.2) is 23.8 Å². The van der Waals surface area contributed by atoms with Crippen molar-refractivity contribution in [1.29, 1.82) is 0 Å². The van der Waals surface area contributed by atoms with E-state index in [0.29, 0.717) is 0 Å². The molecule has 20 heavy (non-hydrogen) atoms. The molecule has 0 aliphatic carbocycles. The predicted molar refractivity (Wildman–Crippen MR) is 83.5 cm³/mol. The summed E-state index contributed by atoms with van der Waals surface area (Å²) in [6.07, 6.45) is 6.16. The zero-order chi connectivity index (χ0) is 14.4. The number of imidazole rings is 1. The SMILES string of the molecule is CCCNC(c1cc(OC)cs1)c1nccn1CCC. The van der Waals surface area contributed by atoms with Crippen LogP contribution in [0.3, 0.4) is 0 Å². The summed E-state index contributed by atoms with van der Waals surface area (Å²) < 4.78 is 7.54. The second kappa shape index (κ2) is 7.45. The molecule has 1 unspecified atom stereocenters. The molecule has 2 rings (SSSR count). The monoisotopic (exact) mass is 293 g/mol. The van der Waals surface area contributed by atoms with Crippen molar-refractivity contribution in [3.63, 3.8) is 0 Å². The number of hydrogen-bond acceptors (Lipinski definition) is 4. The number of rotatable bonds is 8. The summed E-state index contributed by atoms with van der Waals surface area (Å²) in [4.78, 5) is 5.81. The number of aryl methyl sites for hydroxylation is 1. The highest BCUT2D eigenvalue weighted by molar-refractivity contribution is 7.10. The van der Waals surface area contributed by atoms with Crippen molar-refractivity contribution < 1.29 is 4.74 Å². The van der Waals surface area contributed by atoms with Crippen LogP contribution in [0.25, 0.3) is 0 Å². The third-order valence-corrected chi connectivity index (χ3v) is 4.16. The fourth-order valence-corrected chi connectivity index (χ4v) is 3.14. The van der Waals surface area contributed by atoms with Gasteiger partial charge in [0.1, 0.15) is 17.6 Å². The van der Waals surface area contributed by atoms with E-state index in [1.165, 1.54) is 4.88 Å². The molecule has 2 aromatic rings. The maximum atomic E-state index is 5.30. The minimum atomic E-state index is 0.144. The summed E-state index contributed by atoms with van der Waals surface area (Å²) in [5.74, 6) is 2.01. The second-order valence-corrected chi connectivity index (χ2v) is 5.70. The minimum absolute atomic E-state index is 0.144. The van der Waals surface area contributed by atoms with Crippen molar-refractivity contribution in [3.05, 3.63) is 34.5 Å². The van der Waals surface area contributed by atoms with Gasteiger partial charge in [-0.25, -0.2) is 4.98 Å². The van der Waals surface area contributed by atoms with Crippen molar-refractivity contribution in [3.8, 4) is 5.75 Å². The van der Waals surface area contributed by atoms with Gasteiger partial charge in [0.25, 0.3) is 0 Å².